The van der Waals surface area contributed by atoms with Gasteiger partial charge < -0.3 is 14.8 Å². The third kappa shape index (κ3) is 4.68. The molecular weight excluding hydrogens is 450 g/mol. The second-order valence-corrected chi connectivity index (χ2v) is 10.1. The van der Waals surface area contributed by atoms with Gasteiger partial charge in [0.15, 0.2) is 0 Å². The van der Waals surface area contributed by atoms with Crippen LogP contribution >= 0.6 is 11.3 Å². The highest BCUT2D eigenvalue weighted by atomic mass is 32.2. The summed E-state index contributed by atoms with van der Waals surface area (Å²) in [5.74, 6) is -0.230. The zero-order valence-corrected chi connectivity index (χ0v) is 19.3. The number of aryl methyl sites for hydroxylation is 1. The standard InChI is InChI=1S/C22H23N3O5S2/c1-15-23-19(14-31-15)16-4-3-5-18(12-16)24-22(26)17-6-7-20(29-2)21(13-17)32(27,28)25-8-10-30-11-9-25/h3-7,12-14H,8-11H2,1-2H3,(H,24,26). The lowest BCUT2D eigenvalue weighted by Crippen LogP contribution is -2.40. The van der Waals surface area contributed by atoms with Crippen LogP contribution in [0.25, 0.3) is 11.3 Å². The molecule has 1 fully saturated rings. The number of thiazole rings is 1. The van der Waals surface area contributed by atoms with E-state index in [4.69, 9.17) is 9.47 Å². The number of anilines is 1. The Kier molecular flexibility index (Phi) is 6.56. The first-order valence-corrected chi connectivity index (χ1v) is 12.3. The van der Waals surface area contributed by atoms with Crippen molar-refractivity contribution in [1.29, 1.82) is 0 Å². The second-order valence-electron chi connectivity index (χ2n) is 7.17. The smallest absolute Gasteiger partial charge is 0.255 e. The van der Waals surface area contributed by atoms with Gasteiger partial charge in [0.2, 0.25) is 10.0 Å². The summed E-state index contributed by atoms with van der Waals surface area (Å²) in [7, 11) is -2.43. The van der Waals surface area contributed by atoms with Crippen molar-refractivity contribution in [1.82, 2.24) is 9.29 Å². The molecule has 1 aliphatic rings. The molecule has 0 unspecified atom stereocenters. The number of aromatic nitrogens is 1. The Labute approximate surface area is 190 Å². The fourth-order valence-corrected chi connectivity index (χ4v) is 5.61. The van der Waals surface area contributed by atoms with Crippen molar-refractivity contribution in [2.45, 2.75) is 11.8 Å². The lowest BCUT2D eigenvalue weighted by Gasteiger charge is -2.26. The van der Waals surface area contributed by atoms with E-state index in [1.54, 1.807) is 23.5 Å². The highest BCUT2D eigenvalue weighted by molar-refractivity contribution is 7.89. The van der Waals surface area contributed by atoms with Crippen molar-refractivity contribution >= 4 is 33.0 Å². The molecular formula is C22H23N3O5S2. The monoisotopic (exact) mass is 473 g/mol. The normalized spacial score (nSPS) is 14.8. The number of hydrogen-bond acceptors (Lipinski definition) is 7. The third-order valence-electron chi connectivity index (χ3n) is 5.05. The number of benzene rings is 2. The van der Waals surface area contributed by atoms with Gasteiger partial charge in [0.25, 0.3) is 5.91 Å². The molecule has 1 amide bonds. The molecule has 1 N–H and O–H groups in total. The quantitative estimate of drug-likeness (QED) is 0.589. The molecule has 0 saturated carbocycles. The van der Waals surface area contributed by atoms with Gasteiger partial charge in [-0.1, -0.05) is 12.1 Å². The second kappa shape index (κ2) is 9.37. The largest absolute Gasteiger partial charge is 0.495 e. The zero-order chi connectivity index (χ0) is 22.7. The van der Waals surface area contributed by atoms with E-state index < -0.39 is 15.9 Å². The van der Waals surface area contributed by atoms with Crippen LogP contribution in [0.2, 0.25) is 0 Å². The van der Waals surface area contributed by atoms with Crippen molar-refractivity contribution in [2.75, 3.05) is 38.7 Å². The van der Waals surface area contributed by atoms with E-state index in [1.165, 1.54) is 23.5 Å². The van der Waals surface area contributed by atoms with E-state index in [0.29, 0.717) is 18.9 Å². The molecule has 2 heterocycles. The first-order chi connectivity index (χ1) is 15.4. The molecule has 0 atom stereocenters. The average molecular weight is 474 g/mol. The molecule has 0 bridgehead atoms. The minimum atomic E-state index is -3.83. The summed E-state index contributed by atoms with van der Waals surface area (Å²) >= 11 is 1.56. The van der Waals surface area contributed by atoms with Gasteiger partial charge in [0, 0.05) is 35.3 Å². The van der Waals surface area contributed by atoms with Crippen LogP contribution in [0, 0.1) is 6.92 Å². The highest BCUT2D eigenvalue weighted by Gasteiger charge is 2.30. The van der Waals surface area contributed by atoms with Crippen LogP contribution in [-0.4, -0.2) is 57.0 Å². The Morgan fingerprint density at radius 3 is 2.66 bits per heavy atom. The zero-order valence-electron chi connectivity index (χ0n) is 17.7. The van der Waals surface area contributed by atoms with Gasteiger partial charge in [0.05, 0.1) is 31.0 Å². The van der Waals surface area contributed by atoms with Gasteiger partial charge in [-0.2, -0.15) is 4.31 Å². The Morgan fingerprint density at radius 2 is 1.97 bits per heavy atom. The molecule has 2 aromatic carbocycles. The van der Waals surface area contributed by atoms with Gasteiger partial charge in [-0.15, -0.1) is 11.3 Å². The number of amides is 1. The summed E-state index contributed by atoms with van der Waals surface area (Å²) < 4.78 is 38.2. The number of nitrogens with one attached hydrogen (secondary N) is 1. The maximum absolute atomic E-state index is 13.2. The summed E-state index contributed by atoms with van der Waals surface area (Å²) in [4.78, 5) is 17.4. The Morgan fingerprint density at radius 1 is 1.19 bits per heavy atom. The van der Waals surface area contributed by atoms with Crippen molar-refractivity contribution < 1.29 is 22.7 Å². The summed E-state index contributed by atoms with van der Waals surface area (Å²) in [6, 6.07) is 11.8. The number of rotatable bonds is 6. The molecule has 1 aliphatic heterocycles. The van der Waals surface area contributed by atoms with E-state index in [0.717, 1.165) is 16.3 Å². The first kappa shape index (κ1) is 22.4. The van der Waals surface area contributed by atoms with Crippen molar-refractivity contribution in [3.63, 3.8) is 0 Å². The van der Waals surface area contributed by atoms with Crippen LogP contribution < -0.4 is 10.1 Å². The summed E-state index contributed by atoms with van der Waals surface area (Å²) in [5, 5.41) is 5.76. The highest BCUT2D eigenvalue weighted by Crippen LogP contribution is 2.29. The fourth-order valence-electron chi connectivity index (χ4n) is 3.40. The summed E-state index contributed by atoms with van der Waals surface area (Å²) in [6.45, 7) is 3.11. The number of hydrogen-bond donors (Lipinski definition) is 1. The van der Waals surface area contributed by atoms with Crippen LogP contribution in [0.4, 0.5) is 5.69 Å². The lowest BCUT2D eigenvalue weighted by molar-refractivity contribution is 0.0729. The van der Waals surface area contributed by atoms with Crippen LogP contribution in [0.5, 0.6) is 5.75 Å². The van der Waals surface area contributed by atoms with Gasteiger partial charge in [0.1, 0.15) is 10.6 Å². The van der Waals surface area contributed by atoms with E-state index in [-0.39, 0.29) is 29.3 Å². The number of nitrogens with zero attached hydrogens (tertiary/aromatic N) is 2. The van der Waals surface area contributed by atoms with E-state index in [9.17, 15) is 13.2 Å². The van der Waals surface area contributed by atoms with E-state index >= 15 is 0 Å². The maximum Gasteiger partial charge on any atom is 0.255 e. The van der Waals surface area contributed by atoms with Crippen LogP contribution in [0.15, 0.2) is 52.7 Å². The molecule has 8 nitrogen and oxygen atoms in total. The van der Waals surface area contributed by atoms with Crippen LogP contribution in [0.3, 0.4) is 0 Å². The van der Waals surface area contributed by atoms with Gasteiger partial charge >= 0.3 is 0 Å². The van der Waals surface area contributed by atoms with Crippen LogP contribution in [-0.2, 0) is 14.8 Å². The first-order valence-electron chi connectivity index (χ1n) is 9.98. The number of ether oxygens (including phenoxy) is 2. The molecule has 1 saturated heterocycles. The lowest BCUT2D eigenvalue weighted by atomic mass is 10.1. The summed E-state index contributed by atoms with van der Waals surface area (Å²) in [6.07, 6.45) is 0. The topological polar surface area (TPSA) is 97.8 Å². The summed E-state index contributed by atoms with van der Waals surface area (Å²) in [5.41, 5.74) is 2.53. The minimum Gasteiger partial charge on any atom is -0.495 e. The minimum absolute atomic E-state index is 0.0405. The maximum atomic E-state index is 13.2. The molecule has 3 aromatic rings. The van der Waals surface area contributed by atoms with Crippen molar-refractivity contribution in [2.24, 2.45) is 0 Å². The van der Waals surface area contributed by atoms with Crippen molar-refractivity contribution in [3.05, 3.63) is 58.4 Å². The Hall–Kier alpha value is -2.79. The number of morpholine rings is 1. The average Bonchev–Trinajstić information content (AvgIpc) is 3.25. The van der Waals surface area contributed by atoms with Crippen molar-refractivity contribution in [3.8, 4) is 17.0 Å². The number of carbonyl (C=O) groups excluding carboxylic acids is 1. The SMILES string of the molecule is COc1ccc(C(=O)Nc2cccc(-c3csc(C)n3)c2)cc1S(=O)(=O)N1CCOCC1. The molecule has 1 aromatic heterocycles. The van der Waals surface area contributed by atoms with Gasteiger partial charge in [-0.3, -0.25) is 4.79 Å². The number of carbonyl (C=O) groups is 1. The number of methoxy groups -OCH3 is 1. The Bertz CT molecular complexity index is 1230. The molecule has 0 spiro atoms. The van der Waals surface area contributed by atoms with E-state index in [1.807, 2.05) is 30.5 Å². The van der Waals surface area contributed by atoms with Gasteiger partial charge in [-0.05, 0) is 37.3 Å². The van der Waals surface area contributed by atoms with Crippen LogP contribution in [0.1, 0.15) is 15.4 Å². The Balaban J connectivity index is 1.60. The fraction of sp³-hybridized carbons (Fsp3) is 0.273. The number of sulfonamides is 1. The van der Waals surface area contributed by atoms with E-state index in [2.05, 4.69) is 10.3 Å². The molecule has 32 heavy (non-hydrogen) atoms. The molecule has 10 heteroatoms. The third-order valence-corrected chi connectivity index (χ3v) is 7.74. The predicted molar refractivity (Wildman–Crippen MR) is 123 cm³/mol. The molecule has 0 radical (unpaired) electrons. The molecule has 0 aliphatic carbocycles. The van der Waals surface area contributed by atoms with Gasteiger partial charge in [-0.25, -0.2) is 13.4 Å². The molecule has 168 valence electrons. The molecule has 4 rings (SSSR count). The predicted octanol–water partition coefficient (Wildman–Crippen LogP) is 3.40.